The van der Waals surface area contributed by atoms with Crippen molar-refractivity contribution in [1.82, 2.24) is 0 Å². The van der Waals surface area contributed by atoms with Crippen molar-refractivity contribution < 1.29 is 4.79 Å². The van der Waals surface area contributed by atoms with E-state index in [2.05, 4.69) is 0 Å². The summed E-state index contributed by atoms with van der Waals surface area (Å²) in [5, 5.41) is 0. The molecule has 0 amide bonds. The molecular formula is C16H17NO. The van der Waals surface area contributed by atoms with Crippen LogP contribution in [0.4, 0.5) is 5.69 Å². The van der Waals surface area contributed by atoms with Crippen molar-refractivity contribution in [3.05, 3.63) is 53.1 Å². The van der Waals surface area contributed by atoms with Gasteiger partial charge in [-0.1, -0.05) is 37.6 Å². The number of fused-ring (bicyclic) bond motifs is 3. The van der Waals surface area contributed by atoms with Gasteiger partial charge in [0.15, 0.2) is 5.78 Å². The minimum atomic E-state index is 0.0843. The number of ketones is 1. The number of rotatable bonds is 0. The number of carbonyl (C=O) groups is 1. The van der Waals surface area contributed by atoms with E-state index in [-0.39, 0.29) is 5.78 Å². The first kappa shape index (κ1) is 12.4. The van der Waals surface area contributed by atoms with Gasteiger partial charge in [0.2, 0.25) is 0 Å². The van der Waals surface area contributed by atoms with E-state index in [1.807, 2.05) is 51.1 Å². The molecule has 0 spiro atoms. The molecule has 0 radical (unpaired) electrons. The highest BCUT2D eigenvalue weighted by atomic mass is 16.1. The van der Waals surface area contributed by atoms with Crippen molar-refractivity contribution in [3.8, 4) is 11.1 Å². The summed E-state index contributed by atoms with van der Waals surface area (Å²) in [4.78, 5) is 12.1. The molecule has 0 saturated heterocycles. The molecule has 3 rings (SSSR count). The van der Waals surface area contributed by atoms with Crippen LogP contribution in [0.3, 0.4) is 0 Å². The number of hydrogen-bond acceptors (Lipinski definition) is 2. The van der Waals surface area contributed by atoms with Crippen LogP contribution >= 0.6 is 0 Å². The van der Waals surface area contributed by atoms with E-state index in [0.29, 0.717) is 5.69 Å². The van der Waals surface area contributed by atoms with E-state index >= 15 is 0 Å². The lowest BCUT2D eigenvalue weighted by Crippen LogP contribution is -1.96. The predicted molar refractivity (Wildman–Crippen MR) is 75.8 cm³/mol. The lowest BCUT2D eigenvalue weighted by atomic mass is 10.0. The highest BCUT2D eigenvalue weighted by molar-refractivity contribution is 6.22. The first-order valence-electron chi connectivity index (χ1n) is 6.22. The van der Waals surface area contributed by atoms with Crippen LogP contribution < -0.4 is 5.73 Å². The number of nitrogen functional groups attached to an aromatic ring is 1. The van der Waals surface area contributed by atoms with E-state index < -0.39 is 0 Å². The second-order valence-electron chi connectivity index (χ2n) is 4.18. The molecule has 0 bridgehead atoms. The fraction of sp³-hybridized carbons (Fsp3) is 0.188. The average Bonchev–Trinajstić information content (AvgIpc) is 2.65. The Morgan fingerprint density at radius 3 is 2.06 bits per heavy atom. The minimum absolute atomic E-state index is 0.0843. The molecular weight excluding hydrogens is 222 g/mol. The Morgan fingerprint density at radius 1 is 0.833 bits per heavy atom. The Hall–Kier alpha value is -2.09. The molecule has 2 aromatic carbocycles. The van der Waals surface area contributed by atoms with Gasteiger partial charge in [-0.05, 0) is 36.2 Å². The number of nitrogens with two attached hydrogens (primary N) is 1. The lowest BCUT2D eigenvalue weighted by molar-refractivity contribution is 0.104. The third-order valence-electron chi connectivity index (χ3n) is 3.00. The minimum Gasteiger partial charge on any atom is -0.399 e. The Bertz CT molecular complexity index is 561. The van der Waals surface area contributed by atoms with Gasteiger partial charge in [0, 0.05) is 16.8 Å². The summed E-state index contributed by atoms with van der Waals surface area (Å²) in [5.41, 5.74) is 11.0. The fourth-order valence-corrected chi connectivity index (χ4v) is 2.21. The van der Waals surface area contributed by atoms with Crippen LogP contribution in [0.15, 0.2) is 36.4 Å². The van der Waals surface area contributed by atoms with Crippen LogP contribution in [0.2, 0.25) is 0 Å². The van der Waals surface area contributed by atoms with Crippen LogP contribution in [-0.4, -0.2) is 5.78 Å². The topological polar surface area (TPSA) is 43.1 Å². The van der Waals surface area contributed by atoms with E-state index in [0.717, 1.165) is 27.8 Å². The first-order valence-corrected chi connectivity index (χ1v) is 6.22. The third-order valence-corrected chi connectivity index (χ3v) is 3.00. The molecule has 0 heterocycles. The van der Waals surface area contributed by atoms with Gasteiger partial charge in [0.05, 0.1) is 0 Å². The molecule has 0 saturated carbocycles. The normalized spacial score (nSPS) is 11.4. The summed E-state index contributed by atoms with van der Waals surface area (Å²) in [6.45, 7) is 5.99. The van der Waals surface area contributed by atoms with Crippen molar-refractivity contribution in [2.75, 3.05) is 5.73 Å². The molecule has 0 aliphatic heterocycles. The van der Waals surface area contributed by atoms with Crippen molar-refractivity contribution in [3.63, 3.8) is 0 Å². The fourth-order valence-electron chi connectivity index (χ4n) is 2.21. The molecule has 1 aliphatic carbocycles. The van der Waals surface area contributed by atoms with E-state index in [4.69, 9.17) is 5.73 Å². The van der Waals surface area contributed by atoms with Gasteiger partial charge in [-0.15, -0.1) is 0 Å². The van der Waals surface area contributed by atoms with Crippen molar-refractivity contribution in [2.45, 2.75) is 20.8 Å². The Morgan fingerprint density at radius 2 is 1.39 bits per heavy atom. The van der Waals surface area contributed by atoms with Gasteiger partial charge < -0.3 is 5.73 Å². The summed E-state index contributed by atoms with van der Waals surface area (Å²) < 4.78 is 0. The van der Waals surface area contributed by atoms with Crippen molar-refractivity contribution in [2.24, 2.45) is 0 Å². The highest BCUT2D eigenvalue weighted by Gasteiger charge is 2.26. The average molecular weight is 239 g/mol. The quantitative estimate of drug-likeness (QED) is 0.606. The van der Waals surface area contributed by atoms with Crippen LogP contribution in [0, 0.1) is 6.92 Å². The van der Waals surface area contributed by atoms with E-state index in [1.165, 1.54) is 0 Å². The largest absolute Gasteiger partial charge is 0.399 e. The second kappa shape index (κ2) is 4.65. The van der Waals surface area contributed by atoms with Crippen LogP contribution in [0.25, 0.3) is 11.1 Å². The number of anilines is 1. The molecule has 2 heteroatoms. The Balaban J connectivity index is 0.000000574. The highest BCUT2D eigenvalue weighted by Crippen LogP contribution is 2.37. The van der Waals surface area contributed by atoms with Gasteiger partial charge in [0.1, 0.15) is 0 Å². The number of hydrogen-bond donors (Lipinski definition) is 1. The van der Waals surface area contributed by atoms with Gasteiger partial charge in [-0.2, -0.15) is 0 Å². The molecule has 2 aromatic rings. The molecule has 18 heavy (non-hydrogen) atoms. The Kier molecular flexibility index (Phi) is 3.19. The number of benzene rings is 2. The zero-order valence-corrected chi connectivity index (χ0v) is 10.9. The zero-order chi connectivity index (χ0) is 13.3. The van der Waals surface area contributed by atoms with E-state index in [1.54, 1.807) is 6.07 Å². The summed E-state index contributed by atoms with van der Waals surface area (Å²) in [5.74, 6) is 0.0843. The standard InChI is InChI=1S/C14H11NO.C2H6/c1-8-2-4-10-11-5-3-9(15)7-13(11)14(16)12(10)6-8;1-2/h2-7H,15H2,1H3;1-2H3. The molecule has 0 unspecified atom stereocenters. The molecule has 92 valence electrons. The SMILES string of the molecule is CC.Cc1ccc2c(c1)C(=O)c1cc(N)ccc1-2. The van der Waals surface area contributed by atoms with Gasteiger partial charge in [-0.3, -0.25) is 4.79 Å². The number of carbonyl (C=O) groups excluding carboxylic acids is 1. The van der Waals surface area contributed by atoms with Gasteiger partial charge in [-0.25, -0.2) is 0 Å². The molecule has 2 nitrogen and oxygen atoms in total. The summed E-state index contributed by atoms with van der Waals surface area (Å²) in [6.07, 6.45) is 0. The lowest BCUT2D eigenvalue weighted by Gasteiger charge is -2.00. The van der Waals surface area contributed by atoms with Gasteiger partial charge >= 0.3 is 0 Å². The van der Waals surface area contributed by atoms with Gasteiger partial charge in [0.25, 0.3) is 0 Å². The predicted octanol–water partition coefficient (Wildman–Crippen LogP) is 3.81. The monoisotopic (exact) mass is 239 g/mol. The maximum atomic E-state index is 12.1. The van der Waals surface area contributed by atoms with Crippen molar-refractivity contribution in [1.29, 1.82) is 0 Å². The summed E-state index contributed by atoms with van der Waals surface area (Å²) in [6, 6.07) is 11.5. The van der Waals surface area contributed by atoms with Crippen LogP contribution in [-0.2, 0) is 0 Å². The van der Waals surface area contributed by atoms with Crippen LogP contribution in [0.5, 0.6) is 0 Å². The maximum absolute atomic E-state index is 12.1. The molecule has 2 N–H and O–H groups in total. The Labute approximate surface area is 107 Å². The first-order chi connectivity index (χ1) is 8.66. The molecule has 0 atom stereocenters. The molecule has 0 fully saturated rings. The third kappa shape index (κ3) is 1.80. The second-order valence-corrected chi connectivity index (χ2v) is 4.18. The summed E-state index contributed by atoms with van der Waals surface area (Å²) >= 11 is 0. The van der Waals surface area contributed by atoms with Crippen molar-refractivity contribution >= 4 is 11.5 Å². The number of aryl methyl sites for hydroxylation is 1. The summed E-state index contributed by atoms with van der Waals surface area (Å²) in [7, 11) is 0. The van der Waals surface area contributed by atoms with E-state index in [9.17, 15) is 4.79 Å². The molecule has 0 aromatic heterocycles. The molecule has 1 aliphatic rings. The zero-order valence-electron chi connectivity index (χ0n) is 10.9. The smallest absolute Gasteiger partial charge is 0.194 e. The van der Waals surface area contributed by atoms with Crippen LogP contribution in [0.1, 0.15) is 35.3 Å². The maximum Gasteiger partial charge on any atom is 0.194 e.